The van der Waals surface area contributed by atoms with Crippen molar-refractivity contribution in [3.8, 4) is 0 Å². The molecule has 1 nitrogen and oxygen atoms in total. The highest BCUT2D eigenvalue weighted by Gasteiger charge is 2.13. The minimum absolute atomic E-state index is 0.0174. The number of allylic oxidation sites excluding steroid dienone is 1. The summed E-state index contributed by atoms with van der Waals surface area (Å²) in [5, 5.41) is 0. The monoisotopic (exact) mass is 129 g/mol. The van der Waals surface area contributed by atoms with E-state index in [1.165, 1.54) is 0 Å². The SMILES string of the molecule is CC1CCN(C)C=C1F. The van der Waals surface area contributed by atoms with Crippen molar-refractivity contribution < 1.29 is 4.39 Å². The van der Waals surface area contributed by atoms with Gasteiger partial charge in [-0.1, -0.05) is 6.92 Å². The number of hydrogen-bond acceptors (Lipinski definition) is 1. The molecule has 0 saturated heterocycles. The van der Waals surface area contributed by atoms with Gasteiger partial charge >= 0.3 is 0 Å². The Bertz CT molecular complexity index is 131. The molecule has 0 aromatic carbocycles. The van der Waals surface area contributed by atoms with Gasteiger partial charge in [0.2, 0.25) is 0 Å². The van der Waals surface area contributed by atoms with Crippen LogP contribution < -0.4 is 0 Å². The van der Waals surface area contributed by atoms with Gasteiger partial charge in [-0.05, 0) is 6.42 Å². The molecule has 0 fully saturated rings. The van der Waals surface area contributed by atoms with Gasteiger partial charge < -0.3 is 4.90 Å². The fourth-order valence-electron chi connectivity index (χ4n) is 0.938. The lowest BCUT2D eigenvalue weighted by Crippen LogP contribution is -2.21. The molecule has 1 aliphatic rings. The number of halogens is 1. The van der Waals surface area contributed by atoms with E-state index in [9.17, 15) is 4.39 Å². The average molecular weight is 129 g/mol. The van der Waals surface area contributed by atoms with Gasteiger partial charge in [0.25, 0.3) is 0 Å². The van der Waals surface area contributed by atoms with Gasteiger partial charge in [-0.25, -0.2) is 4.39 Å². The van der Waals surface area contributed by atoms with Crippen LogP contribution in [0.5, 0.6) is 0 Å². The van der Waals surface area contributed by atoms with Crippen molar-refractivity contribution in [2.75, 3.05) is 13.6 Å². The van der Waals surface area contributed by atoms with Crippen LogP contribution in [0.15, 0.2) is 12.0 Å². The number of hydrogen-bond donors (Lipinski definition) is 0. The Morgan fingerprint density at radius 2 is 2.44 bits per heavy atom. The quantitative estimate of drug-likeness (QED) is 0.481. The molecule has 0 radical (unpaired) electrons. The number of rotatable bonds is 0. The van der Waals surface area contributed by atoms with E-state index in [0.717, 1.165) is 13.0 Å². The van der Waals surface area contributed by atoms with E-state index in [2.05, 4.69) is 0 Å². The zero-order valence-electron chi connectivity index (χ0n) is 5.89. The van der Waals surface area contributed by atoms with E-state index < -0.39 is 0 Å². The van der Waals surface area contributed by atoms with E-state index in [4.69, 9.17) is 0 Å². The summed E-state index contributed by atoms with van der Waals surface area (Å²) in [5.41, 5.74) is 0. The molecule has 0 saturated carbocycles. The second-order valence-corrected chi connectivity index (χ2v) is 2.68. The zero-order valence-corrected chi connectivity index (χ0v) is 5.89. The van der Waals surface area contributed by atoms with Crippen molar-refractivity contribution in [3.63, 3.8) is 0 Å². The lowest BCUT2D eigenvalue weighted by atomic mass is 10.0. The summed E-state index contributed by atoms with van der Waals surface area (Å²) in [4.78, 5) is 1.88. The van der Waals surface area contributed by atoms with Gasteiger partial charge in [0, 0.05) is 25.7 Å². The van der Waals surface area contributed by atoms with Gasteiger partial charge in [0.05, 0.1) is 0 Å². The Labute approximate surface area is 55.2 Å². The molecule has 1 atom stereocenters. The highest BCUT2D eigenvalue weighted by atomic mass is 19.1. The van der Waals surface area contributed by atoms with Gasteiger partial charge in [-0.15, -0.1) is 0 Å². The van der Waals surface area contributed by atoms with Gasteiger partial charge in [0.15, 0.2) is 0 Å². The molecular formula is C7H12FN. The maximum absolute atomic E-state index is 12.6. The smallest absolute Gasteiger partial charge is 0.119 e. The molecule has 0 spiro atoms. The molecule has 9 heavy (non-hydrogen) atoms. The van der Waals surface area contributed by atoms with E-state index in [1.807, 2.05) is 18.9 Å². The maximum atomic E-state index is 12.6. The Morgan fingerprint density at radius 1 is 1.78 bits per heavy atom. The van der Waals surface area contributed by atoms with Gasteiger partial charge in [-0.2, -0.15) is 0 Å². The fourth-order valence-corrected chi connectivity index (χ4v) is 0.938. The molecule has 52 valence electrons. The minimum Gasteiger partial charge on any atom is -0.378 e. The number of nitrogens with zero attached hydrogens (tertiary/aromatic N) is 1. The molecule has 0 aromatic rings. The average Bonchev–Trinajstić information content (AvgIpc) is 1.80. The predicted octanol–water partition coefficient (Wildman–Crippen LogP) is 1.77. The third-order valence-electron chi connectivity index (χ3n) is 1.73. The van der Waals surface area contributed by atoms with Crippen molar-refractivity contribution >= 4 is 0 Å². The van der Waals surface area contributed by atoms with Crippen LogP contribution >= 0.6 is 0 Å². The molecule has 0 N–H and O–H groups in total. The van der Waals surface area contributed by atoms with Crippen LogP contribution in [0.2, 0.25) is 0 Å². The first-order valence-electron chi connectivity index (χ1n) is 3.27. The molecule has 0 amide bonds. The van der Waals surface area contributed by atoms with E-state index in [1.54, 1.807) is 6.20 Å². The minimum atomic E-state index is 0.0174. The van der Waals surface area contributed by atoms with E-state index >= 15 is 0 Å². The van der Waals surface area contributed by atoms with Crippen LogP contribution in [-0.4, -0.2) is 18.5 Å². The largest absolute Gasteiger partial charge is 0.378 e. The second-order valence-electron chi connectivity index (χ2n) is 2.68. The molecule has 0 aromatic heterocycles. The Morgan fingerprint density at radius 3 is 2.89 bits per heavy atom. The molecule has 2 heteroatoms. The van der Waals surface area contributed by atoms with Crippen molar-refractivity contribution in [1.82, 2.24) is 4.90 Å². The summed E-state index contributed by atoms with van der Waals surface area (Å²) in [7, 11) is 1.89. The standard InChI is InChI=1S/C7H12FN/c1-6-3-4-9(2)5-7(6)8/h5-6H,3-4H2,1-2H3. The normalized spacial score (nSPS) is 28.1. The summed E-state index contributed by atoms with van der Waals surface area (Å²) in [6.45, 7) is 2.90. The molecule has 1 rings (SSSR count). The van der Waals surface area contributed by atoms with Crippen LogP contribution in [0.3, 0.4) is 0 Å². The zero-order chi connectivity index (χ0) is 6.85. The molecule has 0 aliphatic carbocycles. The van der Waals surface area contributed by atoms with Crippen molar-refractivity contribution in [2.45, 2.75) is 13.3 Å². The lowest BCUT2D eigenvalue weighted by Gasteiger charge is -2.22. The molecule has 0 bridgehead atoms. The highest BCUT2D eigenvalue weighted by molar-refractivity contribution is 4.99. The Kier molecular flexibility index (Phi) is 1.74. The fraction of sp³-hybridized carbons (Fsp3) is 0.714. The van der Waals surface area contributed by atoms with Crippen LogP contribution in [0.4, 0.5) is 4.39 Å². The van der Waals surface area contributed by atoms with Crippen LogP contribution in [0.25, 0.3) is 0 Å². The van der Waals surface area contributed by atoms with Crippen molar-refractivity contribution in [2.24, 2.45) is 5.92 Å². The van der Waals surface area contributed by atoms with Crippen LogP contribution in [0, 0.1) is 5.92 Å². The summed E-state index contributed by atoms with van der Waals surface area (Å²) in [5.74, 6) is 0.157. The van der Waals surface area contributed by atoms with E-state index in [0.29, 0.717) is 0 Å². The highest BCUT2D eigenvalue weighted by Crippen LogP contribution is 2.20. The van der Waals surface area contributed by atoms with Crippen molar-refractivity contribution in [3.05, 3.63) is 12.0 Å². The topological polar surface area (TPSA) is 3.24 Å². The van der Waals surface area contributed by atoms with E-state index in [-0.39, 0.29) is 11.7 Å². The third kappa shape index (κ3) is 1.44. The van der Waals surface area contributed by atoms with Gasteiger partial charge in [0.1, 0.15) is 5.83 Å². The second kappa shape index (κ2) is 2.38. The first kappa shape index (κ1) is 6.59. The molecule has 1 heterocycles. The Hall–Kier alpha value is -0.530. The first-order chi connectivity index (χ1) is 4.20. The summed E-state index contributed by atoms with van der Waals surface area (Å²) in [6, 6.07) is 0. The van der Waals surface area contributed by atoms with Crippen LogP contribution in [0.1, 0.15) is 13.3 Å². The molecule has 1 unspecified atom stereocenters. The Balaban J connectivity index is 2.61. The summed E-state index contributed by atoms with van der Waals surface area (Å²) >= 11 is 0. The predicted molar refractivity (Wildman–Crippen MR) is 35.6 cm³/mol. The molecular weight excluding hydrogens is 117 g/mol. The molecule has 1 aliphatic heterocycles. The first-order valence-corrected chi connectivity index (χ1v) is 3.27. The third-order valence-corrected chi connectivity index (χ3v) is 1.73. The summed E-state index contributed by atoms with van der Waals surface area (Å²) < 4.78 is 12.6. The summed E-state index contributed by atoms with van der Waals surface area (Å²) in [6.07, 6.45) is 2.52. The van der Waals surface area contributed by atoms with Crippen LogP contribution in [-0.2, 0) is 0 Å². The van der Waals surface area contributed by atoms with Crippen molar-refractivity contribution in [1.29, 1.82) is 0 Å². The maximum Gasteiger partial charge on any atom is 0.119 e. The van der Waals surface area contributed by atoms with Gasteiger partial charge in [-0.3, -0.25) is 0 Å². The lowest BCUT2D eigenvalue weighted by molar-refractivity contribution is 0.326.